The molecule has 0 aliphatic carbocycles. The van der Waals surface area contributed by atoms with Crippen LogP contribution in [0.4, 0.5) is 23.7 Å². The summed E-state index contributed by atoms with van der Waals surface area (Å²) in [4.78, 5) is 24.5. The van der Waals surface area contributed by atoms with Gasteiger partial charge in [-0.1, -0.05) is 0 Å². The number of piperidine rings is 1. The minimum absolute atomic E-state index is 0.0396. The smallest absolute Gasteiger partial charge is 0.416 e. The van der Waals surface area contributed by atoms with Gasteiger partial charge in [0.15, 0.2) is 0 Å². The number of carbonyl (C=O) groups is 2. The van der Waals surface area contributed by atoms with Gasteiger partial charge in [-0.05, 0) is 38.0 Å². The van der Waals surface area contributed by atoms with Gasteiger partial charge >= 0.3 is 12.3 Å². The van der Waals surface area contributed by atoms with Crippen molar-refractivity contribution in [3.63, 3.8) is 0 Å². The second-order valence-corrected chi connectivity index (χ2v) is 5.78. The summed E-state index contributed by atoms with van der Waals surface area (Å²) in [5.74, 6) is -1.80. The molecule has 0 unspecified atom stereocenters. The lowest BCUT2D eigenvalue weighted by Gasteiger charge is -2.35. The third kappa shape index (κ3) is 3.90. The number of phenolic OH excluding ortho intramolecular Hbond substituents is 1. The molecule has 132 valence electrons. The summed E-state index contributed by atoms with van der Waals surface area (Å²) >= 11 is 0. The second-order valence-electron chi connectivity index (χ2n) is 5.78. The molecule has 1 fully saturated rings. The van der Waals surface area contributed by atoms with Gasteiger partial charge in [0.2, 0.25) is 5.91 Å². The molecule has 3 N–H and O–H groups in total. The van der Waals surface area contributed by atoms with Gasteiger partial charge in [0.25, 0.3) is 0 Å². The predicted molar refractivity (Wildman–Crippen MR) is 78.7 cm³/mol. The molecule has 0 radical (unpaired) electrons. The van der Waals surface area contributed by atoms with Crippen molar-refractivity contribution in [2.24, 2.45) is 5.92 Å². The molecular formula is C15H17F3N2O4. The van der Waals surface area contributed by atoms with E-state index in [0.717, 1.165) is 11.0 Å². The highest BCUT2D eigenvalue weighted by Gasteiger charge is 2.34. The zero-order chi connectivity index (χ0) is 18.1. The Labute approximate surface area is 135 Å². The van der Waals surface area contributed by atoms with Crippen molar-refractivity contribution in [2.75, 3.05) is 11.9 Å². The Bertz CT molecular complexity index is 648. The van der Waals surface area contributed by atoms with Gasteiger partial charge in [0.05, 0.1) is 17.2 Å². The number of hydrogen-bond donors (Lipinski definition) is 3. The summed E-state index contributed by atoms with van der Waals surface area (Å²) in [7, 11) is 0. The molecule has 9 heteroatoms. The molecule has 0 saturated carbocycles. The summed E-state index contributed by atoms with van der Waals surface area (Å²) in [5.41, 5.74) is -1.35. The quantitative estimate of drug-likeness (QED) is 0.718. The zero-order valence-electron chi connectivity index (χ0n) is 12.8. The number of nitrogens with one attached hydrogen (secondary N) is 1. The number of carboxylic acid groups (broad SMARTS) is 1. The first-order chi connectivity index (χ1) is 11.1. The molecule has 0 aromatic heterocycles. The predicted octanol–water partition coefficient (Wildman–Crippen LogP) is 3.13. The van der Waals surface area contributed by atoms with E-state index in [2.05, 4.69) is 5.32 Å². The highest BCUT2D eigenvalue weighted by molar-refractivity contribution is 5.94. The highest BCUT2D eigenvalue weighted by atomic mass is 19.4. The molecule has 1 saturated heterocycles. The van der Waals surface area contributed by atoms with Crippen molar-refractivity contribution >= 4 is 17.7 Å². The Balaban J connectivity index is 2.14. The number of amides is 2. The maximum absolute atomic E-state index is 12.7. The standard InChI is InChI=1S/C15H17F3N2O4/c1-8-2-3-9(7-20(8)14(23)24)13(22)19-11-6-10(15(16,17)18)4-5-12(11)21/h4-6,8-9,21H,2-3,7H2,1H3,(H,19,22)(H,23,24)/t8-,9-/m1/s1. The van der Waals surface area contributed by atoms with Gasteiger partial charge < -0.3 is 20.4 Å². The maximum Gasteiger partial charge on any atom is 0.416 e. The molecule has 24 heavy (non-hydrogen) atoms. The van der Waals surface area contributed by atoms with E-state index in [4.69, 9.17) is 5.11 Å². The Morgan fingerprint density at radius 2 is 1.96 bits per heavy atom. The molecule has 1 aromatic rings. The zero-order valence-corrected chi connectivity index (χ0v) is 12.8. The van der Waals surface area contributed by atoms with Crippen molar-refractivity contribution in [3.05, 3.63) is 23.8 Å². The molecule has 0 spiro atoms. The molecule has 1 aromatic carbocycles. The summed E-state index contributed by atoms with van der Waals surface area (Å²) in [6, 6.07) is 1.98. The first-order valence-corrected chi connectivity index (χ1v) is 7.30. The number of hydrogen-bond acceptors (Lipinski definition) is 3. The van der Waals surface area contributed by atoms with Crippen molar-refractivity contribution in [1.29, 1.82) is 0 Å². The number of aromatic hydroxyl groups is 1. The van der Waals surface area contributed by atoms with Crippen LogP contribution in [0.2, 0.25) is 0 Å². The molecule has 1 aliphatic rings. The Morgan fingerprint density at radius 3 is 2.54 bits per heavy atom. The average molecular weight is 346 g/mol. The minimum atomic E-state index is -4.60. The van der Waals surface area contributed by atoms with E-state index < -0.39 is 35.4 Å². The lowest BCUT2D eigenvalue weighted by Crippen LogP contribution is -2.47. The number of likely N-dealkylation sites (tertiary alicyclic amines) is 1. The van der Waals surface area contributed by atoms with Crippen LogP contribution in [-0.4, -0.2) is 39.7 Å². The molecular weight excluding hydrogens is 329 g/mol. The first-order valence-electron chi connectivity index (χ1n) is 7.30. The minimum Gasteiger partial charge on any atom is -0.506 e. The van der Waals surface area contributed by atoms with Crippen LogP contribution in [-0.2, 0) is 11.0 Å². The highest BCUT2D eigenvalue weighted by Crippen LogP contribution is 2.35. The third-order valence-electron chi connectivity index (χ3n) is 4.08. The van der Waals surface area contributed by atoms with Crippen LogP contribution >= 0.6 is 0 Å². The number of halogens is 3. The molecule has 2 amide bonds. The molecule has 6 nitrogen and oxygen atoms in total. The average Bonchev–Trinajstić information content (AvgIpc) is 2.48. The SMILES string of the molecule is C[C@@H]1CC[C@@H](C(=O)Nc2cc(C(F)(F)F)ccc2O)CN1C(=O)O. The second kappa shape index (κ2) is 6.58. The normalized spacial score (nSPS) is 21.4. The van der Waals surface area contributed by atoms with Crippen molar-refractivity contribution in [1.82, 2.24) is 4.90 Å². The van der Waals surface area contributed by atoms with Gasteiger partial charge in [0.1, 0.15) is 5.75 Å². The number of phenols is 1. The van der Waals surface area contributed by atoms with Crippen LogP contribution in [0.15, 0.2) is 18.2 Å². The summed E-state index contributed by atoms with van der Waals surface area (Å²) < 4.78 is 38.1. The fourth-order valence-electron chi connectivity index (χ4n) is 2.63. The lowest BCUT2D eigenvalue weighted by molar-refractivity contribution is -0.137. The van der Waals surface area contributed by atoms with Crippen LogP contribution < -0.4 is 5.32 Å². The van der Waals surface area contributed by atoms with Gasteiger partial charge in [-0.25, -0.2) is 4.79 Å². The van der Waals surface area contributed by atoms with Crippen molar-refractivity contribution < 1.29 is 33.0 Å². The van der Waals surface area contributed by atoms with E-state index >= 15 is 0 Å². The van der Waals surface area contributed by atoms with Gasteiger partial charge in [0, 0.05) is 12.6 Å². The van der Waals surface area contributed by atoms with E-state index in [1.54, 1.807) is 6.92 Å². The van der Waals surface area contributed by atoms with E-state index in [-0.39, 0.29) is 18.3 Å². The molecule has 1 aliphatic heterocycles. The fraction of sp³-hybridized carbons (Fsp3) is 0.467. The van der Waals surface area contributed by atoms with E-state index in [1.165, 1.54) is 0 Å². The number of rotatable bonds is 2. The van der Waals surface area contributed by atoms with E-state index in [0.29, 0.717) is 25.0 Å². The molecule has 1 heterocycles. The van der Waals surface area contributed by atoms with E-state index in [9.17, 15) is 27.9 Å². The number of alkyl halides is 3. The van der Waals surface area contributed by atoms with Crippen molar-refractivity contribution in [2.45, 2.75) is 32.0 Å². The number of anilines is 1. The van der Waals surface area contributed by atoms with Crippen LogP contribution in [0.5, 0.6) is 5.75 Å². The monoisotopic (exact) mass is 346 g/mol. The largest absolute Gasteiger partial charge is 0.506 e. The van der Waals surface area contributed by atoms with Gasteiger partial charge in [-0.2, -0.15) is 13.2 Å². The lowest BCUT2D eigenvalue weighted by atomic mass is 9.93. The Kier molecular flexibility index (Phi) is 4.91. The van der Waals surface area contributed by atoms with Gasteiger partial charge in [-0.15, -0.1) is 0 Å². The number of carbonyl (C=O) groups excluding carboxylic acids is 1. The van der Waals surface area contributed by atoms with Gasteiger partial charge in [-0.3, -0.25) is 4.79 Å². The summed E-state index contributed by atoms with van der Waals surface area (Å²) in [6.45, 7) is 1.68. The van der Waals surface area contributed by atoms with Crippen LogP contribution in [0.3, 0.4) is 0 Å². The Morgan fingerprint density at radius 1 is 1.29 bits per heavy atom. The Hall–Kier alpha value is -2.45. The van der Waals surface area contributed by atoms with Crippen molar-refractivity contribution in [3.8, 4) is 5.75 Å². The van der Waals surface area contributed by atoms with Crippen LogP contribution in [0.1, 0.15) is 25.3 Å². The van der Waals surface area contributed by atoms with Crippen LogP contribution in [0.25, 0.3) is 0 Å². The van der Waals surface area contributed by atoms with E-state index in [1.807, 2.05) is 0 Å². The van der Waals surface area contributed by atoms with Crippen LogP contribution in [0, 0.1) is 5.92 Å². The number of benzene rings is 1. The molecule has 2 atom stereocenters. The number of nitrogens with zero attached hydrogens (tertiary/aromatic N) is 1. The third-order valence-corrected chi connectivity index (χ3v) is 4.08. The summed E-state index contributed by atoms with van der Waals surface area (Å²) in [5, 5.41) is 21.0. The molecule has 2 rings (SSSR count). The first kappa shape index (κ1) is 17.9. The summed E-state index contributed by atoms with van der Waals surface area (Å²) in [6.07, 6.45) is -4.87. The fourth-order valence-corrected chi connectivity index (χ4v) is 2.63. The maximum atomic E-state index is 12.7. The molecule has 0 bridgehead atoms. The topological polar surface area (TPSA) is 89.9 Å².